The van der Waals surface area contributed by atoms with E-state index in [1.807, 2.05) is 0 Å². The maximum absolute atomic E-state index is 5.80. The smallest absolute Gasteiger partial charge is 0.170 e. The molecule has 0 radical (unpaired) electrons. The van der Waals surface area contributed by atoms with Gasteiger partial charge in [0.15, 0.2) is 5.79 Å². The minimum Gasteiger partial charge on any atom is -0.353 e. The first-order valence-corrected chi connectivity index (χ1v) is 9.27. The van der Waals surface area contributed by atoms with Gasteiger partial charge in [-0.25, -0.2) is 0 Å². The van der Waals surface area contributed by atoms with Gasteiger partial charge in [-0.3, -0.25) is 0 Å². The van der Waals surface area contributed by atoms with Crippen LogP contribution in [0, 0.1) is 5.92 Å². The quantitative estimate of drug-likeness (QED) is 0.260. The van der Waals surface area contributed by atoms with E-state index in [-0.39, 0.29) is 5.79 Å². The Labute approximate surface area is 134 Å². The first kappa shape index (κ1) is 20.9. The number of methoxy groups -OCH3 is 2. The average Bonchev–Trinajstić information content (AvgIpc) is 2.51. The van der Waals surface area contributed by atoms with Crippen molar-refractivity contribution in [2.45, 2.75) is 104 Å². The molecule has 0 aliphatic heterocycles. The number of hydrogen-bond acceptors (Lipinski definition) is 2. The van der Waals surface area contributed by atoms with Crippen LogP contribution in [0.15, 0.2) is 0 Å². The highest BCUT2D eigenvalue weighted by atomic mass is 16.7. The molecular weight excluding hydrogens is 260 g/mol. The van der Waals surface area contributed by atoms with Crippen LogP contribution in [0.25, 0.3) is 0 Å². The van der Waals surface area contributed by atoms with Crippen LogP contribution in [0.2, 0.25) is 0 Å². The summed E-state index contributed by atoms with van der Waals surface area (Å²) in [5.41, 5.74) is 0. The molecule has 1 unspecified atom stereocenters. The third kappa shape index (κ3) is 8.83. The number of hydrogen-bond donors (Lipinski definition) is 0. The van der Waals surface area contributed by atoms with Crippen molar-refractivity contribution in [3.8, 4) is 0 Å². The molecule has 0 saturated heterocycles. The van der Waals surface area contributed by atoms with Gasteiger partial charge in [-0.05, 0) is 12.8 Å². The first-order chi connectivity index (χ1) is 10.2. The Balaban J connectivity index is 4.05. The van der Waals surface area contributed by atoms with E-state index in [1.54, 1.807) is 14.2 Å². The summed E-state index contributed by atoms with van der Waals surface area (Å²) in [6, 6.07) is 0. The Hall–Kier alpha value is -0.0800. The van der Waals surface area contributed by atoms with E-state index >= 15 is 0 Å². The molecular formula is C19H40O2. The Morgan fingerprint density at radius 2 is 1.19 bits per heavy atom. The van der Waals surface area contributed by atoms with Crippen molar-refractivity contribution in [2.24, 2.45) is 5.92 Å². The Bertz CT molecular complexity index is 212. The largest absolute Gasteiger partial charge is 0.353 e. The van der Waals surface area contributed by atoms with Gasteiger partial charge in [-0.15, -0.1) is 0 Å². The summed E-state index contributed by atoms with van der Waals surface area (Å²) in [7, 11) is 3.61. The monoisotopic (exact) mass is 300 g/mol. The zero-order valence-electron chi connectivity index (χ0n) is 15.4. The van der Waals surface area contributed by atoms with Crippen molar-refractivity contribution < 1.29 is 9.47 Å². The van der Waals surface area contributed by atoms with Crippen LogP contribution >= 0.6 is 0 Å². The van der Waals surface area contributed by atoms with E-state index in [2.05, 4.69) is 20.8 Å². The van der Waals surface area contributed by atoms with E-state index in [1.165, 1.54) is 70.6 Å². The van der Waals surface area contributed by atoms with Crippen LogP contribution in [-0.2, 0) is 9.47 Å². The van der Waals surface area contributed by atoms with Crippen molar-refractivity contribution in [3.63, 3.8) is 0 Å². The summed E-state index contributed by atoms with van der Waals surface area (Å²) in [4.78, 5) is 0. The molecule has 0 aliphatic carbocycles. The lowest BCUT2D eigenvalue weighted by atomic mass is 9.89. The van der Waals surface area contributed by atoms with E-state index in [4.69, 9.17) is 9.47 Å². The van der Waals surface area contributed by atoms with Crippen LogP contribution < -0.4 is 0 Å². The highest BCUT2D eigenvalue weighted by Gasteiger charge is 2.35. The fourth-order valence-electron chi connectivity index (χ4n) is 3.19. The maximum Gasteiger partial charge on any atom is 0.170 e. The molecule has 21 heavy (non-hydrogen) atoms. The molecule has 0 aliphatic rings. The van der Waals surface area contributed by atoms with Gasteiger partial charge < -0.3 is 9.47 Å². The van der Waals surface area contributed by atoms with Gasteiger partial charge in [0, 0.05) is 26.6 Å². The SMILES string of the molecule is CCCCCCCCC(C)C(CCCCCC)(OC)OC. The van der Waals surface area contributed by atoms with Crippen LogP contribution in [0.3, 0.4) is 0 Å². The second-order valence-corrected chi connectivity index (χ2v) is 6.49. The Morgan fingerprint density at radius 1 is 0.714 bits per heavy atom. The van der Waals surface area contributed by atoms with Crippen molar-refractivity contribution in [2.75, 3.05) is 14.2 Å². The molecule has 0 aromatic carbocycles. The lowest BCUT2D eigenvalue weighted by Crippen LogP contribution is -2.40. The predicted octanol–water partition coefficient (Wildman–Crippen LogP) is 6.33. The van der Waals surface area contributed by atoms with Gasteiger partial charge in [0.1, 0.15) is 0 Å². The highest BCUT2D eigenvalue weighted by Crippen LogP contribution is 2.32. The fraction of sp³-hybridized carbons (Fsp3) is 1.00. The molecule has 0 aromatic rings. The average molecular weight is 301 g/mol. The third-order valence-electron chi connectivity index (χ3n) is 4.81. The summed E-state index contributed by atoms with van der Waals surface area (Å²) in [6.07, 6.45) is 15.4. The lowest BCUT2D eigenvalue weighted by Gasteiger charge is -2.37. The second kappa shape index (κ2) is 13.6. The zero-order chi connectivity index (χ0) is 16.0. The molecule has 0 bridgehead atoms. The summed E-state index contributed by atoms with van der Waals surface area (Å²) in [6.45, 7) is 6.81. The van der Waals surface area contributed by atoms with Gasteiger partial charge in [0.2, 0.25) is 0 Å². The van der Waals surface area contributed by atoms with Crippen LogP contribution in [0.5, 0.6) is 0 Å². The van der Waals surface area contributed by atoms with Crippen LogP contribution in [-0.4, -0.2) is 20.0 Å². The molecule has 0 spiro atoms. The van der Waals surface area contributed by atoms with Gasteiger partial charge in [0.25, 0.3) is 0 Å². The van der Waals surface area contributed by atoms with Crippen molar-refractivity contribution in [1.82, 2.24) is 0 Å². The van der Waals surface area contributed by atoms with Gasteiger partial charge in [-0.2, -0.15) is 0 Å². The van der Waals surface area contributed by atoms with Crippen LogP contribution in [0.1, 0.15) is 97.8 Å². The Kier molecular flexibility index (Phi) is 13.5. The topological polar surface area (TPSA) is 18.5 Å². The van der Waals surface area contributed by atoms with Crippen LogP contribution in [0.4, 0.5) is 0 Å². The first-order valence-electron chi connectivity index (χ1n) is 9.27. The third-order valence-corrected chi connectivity index (χ3v) is 4.81. The predicted molar refractivity (Wildman–Crippen MR) is 92.7 cm³/mol. The van der Waals surface area contributed by atoms with Crippen molar-refractivity contribution in [3.05, 3.63) is 0 Å². The molecule has 0 amide bonds. The summed E-state index contributed by atoms with van der Waals surface area (Å²) >= 11 is 0. The Morgan fingerprint density at radius 3 is 1.71 bits per heavy atom. The summed E-state index contributed by atoms with van der Waals surface area (Å²) in [5, 5.41) is 0. The molecule has 0 N–H and O–H groups in total. The number of unbranched alkanes of at least 4 members (excludes halogenated alkanes) is 8. The van der Waals surface area contributed by atoms with E-state index in [9.17, 15) is 0 Å². The molecule has 2 heteroatoms. The minimum atomic E-state index is -0.364. The molecule has 128 valence electrons. The molecule has 0 rings (SSSR count). The normalized spacial score (nSPS) is 13.6. The van der Waals surface area contributed by atoms with E-state index in [0.717, 1.165) is 6.42 Å². The minimum absolute atomic E-state index is 0.364. The summed E-state index contributed by atoms with van der Waals surface area (Å²) < 4.78 is 11.6. The van der Waals surface area contributed by atoms with Gasteiger partial charge in [-0.1, -0.05) is 78.6 Å². The molecule has 0 saturated carbocycles. The zero-order valence-corrected chi connectivity index (χ0v) is 15.4. The summed E-state index contributed by atoms with van der Waals surface area (Å²) in [5.74, 6) is 0.109. The van der Waals surface area contributed by atoms with E-state index < -0.39 is 0 Å². The molecule has 1 atom stereocenters. The second-order valence-electron chi connectivity index (χ2n) is 6.49. The fourth-order valence-corrected chi connectivity index (χ4v) is 3.19. The number of rotatable bonds is 15. The number of ether oxygens (including phenoxy) is 2. The lowest BCUT2D eigenvalue weighted by molar-refractivity contribution is -0.242. The molecule has 0 fully saturated rings. The maximum atomic E-state index is 5.80. The highest BCUT2D eigenvalue weighted by molar-refractivity contribution is 4.76. The van der Waals surface area contributed by atoms with E-state index in [0.29, 0.717) is 5.92 Å². The molecule has 2 nitrogen and oxygen atoms in total. The molecule has 0 aromatic heterocycles. The standard InChI is InChI=1S/C19H40O2/c1-6-8-10-12-13-14-16-18(3)19(20-4,21-5)17-15-11-9-7-2/h18H,6-17H2,1-5H3. The van der Waals surface area contributed by atoms with Crippen molar-refractivity contribution in [1.29, 1.82) is 0 Å². The van der Waals surface area contributed by atoms with Crippen molar-refractivity contribution >= 4 is 0 Å². The van der Waals surface area contributed by atoms with Gasteiger partial charge >= 0.3 is 0 Å². The van der Waals surface area contributed by atoms with Gasteiger partial charge in [0.05, 0.1) is 0 Å². The molecule has 0 heterocycles.